The molecule has 1 aromatic carbocycles. The second kappa shape index (κ2) is 4.99. The first-order valence-electron chi connectivity index (χ1n) is 6.05. The largest absolute Gasteiger partial charge is 0.496 e. The molecule has 3 heteroatoms. The zero-order valence-electron chi connectivity index (χ0n) is 10.8. The summed E-state index contributed by atoms with van der Waals surface area (Å²) in [5.41, 5.74) is 1.72. The van der Waals surface area contributed by atoms with Crippen molar-refractivity contribution in [1.82, 2.24) is 4.90 Å². The quantitative estimate of drug-likeness (QED) is 0.844. The molecule has 0 atom stereocenters. The molecule has 0 aromatic heterocycles. The van der Waals surface area contributed by atoms with Crippen LogP contribution in [0.15, 0.2) is 22.7 Å². The number of likely N-dealkylation sites (tertiary alicyclic amines) is 1. The summed E-state index contributed by atoms with van der Waals surface area (Å²) in [5, 5.41) is 0. The molecule has 0 N–H and O–H groups in total. The summed E-state index contributed by atoms with van der Waals surface area (Å²) in [6.07, 6.45) is 1.28. The molecule has 0 aliphatic carbocycles. The van der Waals surface area contributed by atoms with Crippen LogP contribution in [0.5, 0.6) is 5.75 Å². The van der Waals surface area contributed by atoms with Crippen molar-refractivity contribution in [2.45, 2.75) is 26.8 Å². The zero-order chi connectivity index (χ0) is 12.5. The van der Waals surface area contributed by atoms with Crippen molar-refractivity contribution in [2.75, 3.05) is 20.2 Å². The van der Waals surface area contributed by atoms with Crippen LogP contribution in [0.4, 0.5) is 0 Å². The highest BCUT2D eigenvalue weighted by atomic mass is 79.9. The highest BCUT2D eigenvalue weighted by Gasteiger charge is 2.29. The van der Waals surface area contributed by atoms with E-state index in [-0.39, 0.29) is 0 Å². The Morgan fingerprint density at radius 1 is 1.41 bits per heavy atom. The molecule has 1 heterocycles. The van der Waals surface area contributed by atoms with Crippen LogP contribution in [0.3, 0.4) is 0 Å². The van der Waals surface area contributed by atoms with Gasteiger partial charge in [0.05, 0.1) is 7.11 Å². The van der Waals surface area contributed by atoms with Gasteiger partial charge in [0, 0.05) is 23.1 Å². The molecule has 1 fully saturated rings. The van der Waals surface area contributed by atoms with Gasteiger partial charge in [-0.1, -0.05) is 29.8 Å². The Hall–Kier alpha value is -0.540. The normalized spacial score (nSPS) is 19.5. The lowest BCUT2D eigenvalue weighted by Crippen LogP contribution is -2.23. The van der Waals surface area contributed by atoms with Crippen molar-refractivity contribution < 1.29 is 4.74 Å². The minimum atomic E-state index is 0.458. The molecule has 1 aliphatic rings. The van der Waals surface area contributed by atoms with E-state index in [4.69, 9.17) is 4.74 Å². The standard InChI is InChI=1S/C14H20BrNO/c1-14(2)6-7-16(10-14)9-11-8-12(15)4-5-13(11)17-3/h4-5,8H,6-7,9-10H2,1-3H3. The van der Waals surface area contributed by atoms with Gasteiger partial charge in [-0.15, -0.1) is 0 Å². The van der Waals surface area contributed by atoms with Gasteiger partial charge in [0.1, 0.15) is 5.75 Å². The van der Waals surface area contributed by atoms with E-state index in [0.717, 1.165) is 16.8 Å². The highest BCUT2D eigenvalue weighted by molar-refractivity contribution is 9.10. The van der Waals surface area contributed by atoms with Gasteiger partial charge >= 0.3 is 0 Å². The molecular formula is C14H20BrNO. The summed E-state index contributed by atoms with van der Waals surface area (Å²) in [6.45, 7) is 8.01. The van der Waals surface area contributed by atoms with Crippen LogP contribution in [-0.2, 0) is 6.54 Å². The van der Waals surface area contributed by atoms with Gasteiger partial charge in [-0.05, 0) is 36.6 Å². The van der Waals surface area contributed by atoms with Crippen LogP contribution in [0.25, 0.3) is 0 Å². The van der Waals surface area contributed by atoms with Crippen molar-refractivity contribution in [2.24, 2.45) is 5.41 Å². The minimum Gasteiger partial charge on any atom is -0.496 e. The Morgan fingerprint density at radius 2 is 2.18 bits per heavy atom. The smallest absolute Gasteiger partial charge is 0.123 e. The molecule has 1 aromatic rings. The molecular weight excluding hydrogens is 278 g/mol. The Labute approximate surface area is 112 Å². The fourth-order valence-corrected chi connectivity index (χ4v) is 2.88. The molecule has 17 heavy (non-hydrogen) atoms. The molecule has 0 amide bonds. The topological polar surface area (TPSA) is 12.5 Å². The number of methoxy groups -OCH3 is 1. The van der Waals surface area contributed by atoms with Crippen molar-refractivity contribution in [3.63, 3.8) is 0 Å². The molecule has 0 unspecified atom stereocenters. The summed E-state index contributed by atoms with van der Waals surface area (Å²) in [5.74, 6) is 0.984. The Kier molecular flexibility index (Phi) is 3.79. The summed E-state index contributed by atoms with van der Waals surface area (Å²) in [6, 6.07) is 6.21. The maximum absolute atomic E-state index is 5.42. The minimum absolute atomic E-state index is 0.458. The van der Waals surface area contributed by atoms with Crippen LogP contribution in [0.1, 0.15) is 25.8 Å². The van der Waals surface area contributed by atoms with E-state index in [1.165, 1.54) is 25.1 Å². The van der Waals surface area contributed by atoms with Crippen molar-refractivity contribution in [1.29, 1.82) is 0 Å². The molecule has 0 saturated carbocycles. The van der Waals surface area contributed by atoms with Crippen LogP contribution in [-0.4, -0.2) is 25.1 Å². The molecule has 0 radical (unpaired) electrons. The third kappa shape index (κ3) is 3.23. The fraction of sp³-hybridized carbons (Fsp3) is 0.571. The first-order chi connectivity index (χ1) is 8.00. The SMILES string of the molecule is COc1ccc(Br)cc1CN1CCC(C)(C)C1. The third-order valence-electron chi connectivity index (χ3n) is 3.39. The molecule has 0 spiro atoms. The van der Waals surface area contributed by atoms with Gasteiger partial charge in [0.25, 0.3) is 0 Å². The maximum Gasteiger partial charge on any atom is 0.123 e. The Bertz CT molecular complexity index is 403. The second-order valence-electron chi connectivity index (χ2n) is 5.58. The third-order valence-corrected chi connectivity index (χ3v) is 3.89. The van der Waals surface area contributed by atoms with Gasteiger partial charge < -0.3 is 4.74 Å². The number of benzene rings is 1. The van der Waals surface area contributed by atoms with Gasteiger partial charge in [0.15, 0.2) is 0 Å². The number of halogens is 1. The Morgan fingerprint density at radius 3 is 2.76 bits per heavy atom. The molecule has 2 rings (SSSR count). The van der Waals surface area contributed by atoms with E-state index >= 15 is 0 Å². The van der Waals surface area contributed by atoms with E-state index < -0.39 is 0 Å². The highest BCUT2D eigenvalue weighted by Crippen LogP contribution is 2.32. The first-order valence-corrected chi connectivity index (χ1v) is 6.84. The molecule has 0 bridgehead atoms. The van der Waals surface area contributed by atoms with Crippen molar-refractivity contribution in [3.8, 4) is 5.75 Å². The van der Waals surface area contributed by atoms with Crippen LogP contribution in [0.2, 0.25) is 0 Å². The molecule has 94 valence electrons. The lowest BCUT2D eigenvalue weighted by molar-refractivity contribution is 0.279. The number of rotatable bonds is 3. The van der Waals surface area contributed by atoms with Crippen molar-refractivity contribution in [3.05, 3.63) is 28.2 Å². The summed E-state index contributed by atoms with van der Waals surface area (Å²) >= 11 is 3.52. The summed E-state index contributed by atoms with van der Waals surface area (Å²) < 4.78 is 6.53. The fourth-order valence-electron chi connectivity index (χ4n) is 2.47. The lowest BCUT2D eigenvalue weighted by atomic mass is 9.93. The van der Waals surface area contributed by atoms with E-state index in [1.54, 1.807) is 7.11 Å². The van der Waals surface area contributed by atoms with Crippen molar-refractivity contribution >= 4 is 15.9 Å². The Balaban J connectivity index is 2.11. The molecule has 2 nitrogen and oxygen atoms in total. The molecule has 1 saturated heterocycles. The predicted octanol–water partition coefficient (Wildman–Crippen LogP) is 3.69. The number of nitrogens with zero attached hydrogens (tertiary/aromatic N) is 1. The summed E-state index contributed by atoms with van der Waals surface area (Å²) in [7, 11) is 1.74. The zero-order valence-corrected chi connectivity index (χ0v) is 12.4. The average Bonchev–Trinajstić information content (AvgIpc) is 2.58. The van der Waals surface area contributed by atoms with E-state index in [9.17, 15) is 0 Å². The van der Waals surface area contributed by atoms with Crippen LogP contribution >= 0.6 is 15.9 Å². The second-order valence-corrected chi connectivity index (χ2v) is 6.50. The van der Waals surface area contributed by atoms with Gasteiger partial charge in [0.2, 0.25) is 0 Å². The molecule has 1 aliphatic heterocycles. The van der Waals surface area contributed by atoms with Gasteiger partial charge in [-0.25, -0.2) is 0 Å². The number of hydrogen-bond acceptors (Lipinski definition) is 2. The first kappa shape index (κ1) is 12.9. The van der Waals surface area contributed by atoms with Crippen LogP contribution < -0.4 is 4.74 Å². The van der Waals surface area contributed by atoms with E-state index in [2.05, 4.69) is 40.7 Å². The lowest BCUT2D eigenvalue weighted by Gasteiger charge is -2.20. The van der Waals surface area contributed by atoms with Crippen LogP contribution in [0, 0.1) is 5.41 Å². The number of hydrogen-bond donors (Lipinski definition) is 0. The van der Waals surface area contributed by atoms with Gasteiger partial charge in [-0.2, -0.15) is 0 Å². The van der Waals surface area contributed by atoms with E-state index in [1.807, 2.05) is 12.1 Å². The monoisotopic (exact) mass is 297 g/mol. The van der Waals surface area contributed by atoms with Gasteiger partial charge in [-0.3, -0.25) is 4.90 Å². The number of ether oxygens (including phenoxy) is 1. The predicted molar refractivity (Wildman–Crippen MR) is 74.4 cm³/mol. The van der Waals surface area contributed by atoms with E-state index in [0.29, 0.717) is 5.41 Å². The summed E-state index contributed by atoms with van der Waals surface area (Å²) in [4.78, 5) is 2.50. The average molecular weight is 298 g/mol. The maximum atomic E-state index is 5.42.